The molecule has 1 saturated heterocycles. The first kappa shape index (κ1) is 28.1. The number of carbonyl (C=O) groups excluding carboxylic acids is 2. The van der Waals surface area contributed by atoms with Crippen molar-refractivity contribution in [2.75, 3.05) is 54.8 Å². The second-order valence-electron chi connectivity index (χ2n) is 9.13. The third-order valence-electron chi connectivity index (χ3n) is 6.37. The summed E-state index contributed by atoms with van der Waals surface area (Å²) in [6.07, 6.45) is 0.576. The Balaban J connectivity index is 1.30. The average molecular weight is 554 g/mol. The average Bonchev–Trinajstić information content (AvgIpc) is 2.95. The lowest BCUT2D eigenvalue weighted by molar-refractivity contribution is -0.116. The molecule has 3 amide bonds. The maximum absolute atomic E-state index is 13.8. The molecule has 3 aromatic carbocycles. The molecular formula is C28H32FN5O4S. The maximum atomic E-state index is 13.8. The van der Waals surface area contributed by atoms with Gasteiger partial charge in [-0.15, -0.1) is 0 Å². The SMILES string of the molecule is CCCN(CC(=O)Nc1ccc(N2CCN(C(=O)Nc3ccccc3F)CC2)cc1)S(=O)(=O)c1ccccc1. The van der Waals surface area contributed by atoms with Crippen LogP contribution in [0.2, 0.25) is 0 Å². The van der Waals surface area contributed by atoms with Crippen molar-refractivity contribution in [1.29, 1.82) is 0 Å². The van der Waals surface area contributed by atoms with Gasteiger partial charge in [-0.1, -0.05) is 37.3 Å². The maximum Gasteiger partial charge on any atom is 0.322 e. The third-order valence-corrected chi connectivity index (χ3v) is 8.23. The van der Waals surface area contributed by atoms with Crippen LogP contribution in [-0.2, 0) is 14.8 Å². The molecule has 0 spiro atoms. The number of hydrogen-bond acceptors (Lipinski definition) is 5. The Labute approximate surface area is 228 Å². The molecule has 0 bridgehead atoms. The van der Waals surface area contributed by atoms with E-state index in [1.54, 1.807) is 47.4 Å². The molecule has 1 fully saturated rings. The van der Waals surface area contributed by atoms with Crippen LogP contribution in [0.15, 0.2) is 83.8 Å². The molecule has 2 N–H and O–H groups in total. The number of urea groups is 1. The van der Waals surface area contributed by atoms with Crippen molar-refractivity contribution >= 4 is 39.0 Å². The summed E-state index contributed by atoms with van der Waals surface area (Å²) in [6.45, 7) is 3.94. The van der Waals surface area contributed by atoms with Crippen LogP contribution in [0.1, 0.15) is 13.3 Å². The number of para-hydroxylation sites is 1. The quantitative estimate of drug-likeness (QED) is 0.413. The molecule has 11 heteroatoms. The molecule has 1 aliphatic heterocycles. The van der Waals surface area contributed by atoms with Crippen LogP contribution in [-0.4, -0.2) is 68.8 Å². The van der Waals surface area contributed by atoms with Gasteiger partial charge in [0, 0.05) is 44.1 Å². The highest BCUT2D eigenvalue weighted by Crippen LogP contribution is 2.21. The number of carbonyl (C=O) groups is 2. The Kier molecular flexibility index (Phi) is 9.15. The van der Waals surface area contributed by atoms with Crippen LogP contribution in [0.3, 0.4) is 0 Å². The number of benzene rings is 3. The van der Waals surface area contributed by atoms with E-state index >= 15 is 0 Å². The number of nitrogens with one attached hydrogen (secondary N) is 2. The summed E-state index contributed by atoms with van der Waals surface area (Å²) in [6, 6.07) is 21.1. The Hall–Kier alpha value is -3.96. The minimum absolute atomic E-state index is 0.151. The van der Waals surface area contributed by atoms with Crippen LogP contribution in [0.25, 0.3) is 0 Å². The van der Waals surface area contributed by atoms with Crippen molar-refractivity contribution in [3.05, 3.63) is 84.7 Å². The molecule has 3 aromatic rings. The molecule has 4 rings (SSSR count). The van der Waals surface area contributed by atoms with Crippen LogP contribution < -0.4 is 15.5 Å². The summed E-state index contributed by atoms with van der Waals surface area (Å²) >= 11 is 0. The van der Waals surface area contributed by atoms with E-state index in [2.05, 4.69) is 15.5 Å². The van der Waals surface area contributed by atoms with Gasteiger partial charge >= 0.3 is 6.03 Å². The van der Waals surface area contributed by atoms with E-state index in [1.807, 2.05) is 19.1 Å². The Morgan fingerprint density at radius 1 is 0.872 bits per heavy atom. The zero-order chi connectivity index (χ0) is 27.8. The summed E-state index contributed by atoms with van der Waals surface area (Å²) in [5, 5.41) is 5.39. The molecule has 0 saturated carbocycles. The van der Waals surface area contributed by atoms with E-state index in [0.717, 1.165) is 5.69 Å². The monoisotopic (exact) mass is 553 g/mol. The van der Waals surface area contributed by atoms with Crippen molar-refractivity contribution in [3.8, 4) is 0 Å². The lowest BCUT2D eigenvalue weighted by Crippen LogP contribution is -2.50. The van der Waals surface area contributed by atoms with Gasteiger partial charge in [-0.05, 0) is 55.0 Å². The Morgan fingerprint density at radius 2 is 1.51 bits per heavy atom. The van der Waals surface area contributed by atoms with E-state index < -0.39 is 21.7 Å². The second kappa shape index (κ2) is 12.7. The normalized spacial score (nSPS) is 13.8. The van der Waals surface area contributed by atoms with Gasteiger partial charge in [0.1, 0.15) is 5.82 Å². The number of piperazine rings is 1. The molecule has 0 aliphatic carbocycles. The van der Waals surface area contributed by atoms with E-state index in [1.165, 1.54) is 28.6 Å². The minimum Gasteiger partial charge on any atom is -0.368 e. The van der Waals surface area contributed by atoms with Gasteiger partial charge in [0.05, 0.1) is 17.1 Å². The minimum atomic E-state index is -3.79. The lowest BCUT2D eigenvalue weighted by Gasteiger charge is -2.36. The molecule has 0 radical (unpaired) electrons. The van der Waals surface area contributed by atoms with Gasteiger partial charge in [0.25, 0.3) is 0 Å². The zero-order valence-corrected chi connectivity index (χ0v) is 22.5. The fourth-order valence-corrected chi connectivity index (χ4v) is 5.83. The highest BCUT2D eigenvalue weighted by atomic mass is 32.2. The summed E-state index contributed by atoms with van der Waals surface area (Å²) in [5.41, 5.74) is 1.64. The van der Waals surface area contributed by atoms with Crippen LogP contribution in [0.5, 0.6) is 0 Å². The predicted octanol–water partition coefficient (Wildman–Crippen LogP) is 4.22. The predicted molar refractivity (Wildman–Crippen MR) is 150 cm³/mol. The topological polar surface area (TPSA) is 102 Å². The van der Waals surface area contributed by atoms with Crippen molar-refractivity contribution in [1.82, 2.24) is 9.21 Å². The number of rotatable bonds is 9. The van der Waals surface area contributed by atoms with E-state index in [0.29, 0.717) is 38.3 Å². The molecule has 206 valence electrons. The van der Waals surface area contributed by atoms with E-state index in [4.69, 9.17) is 0 Å². The Bertz CT molecular complexity index is 1380. The van der Waals surface area contributed by atoms with E-state index in [9.17, 15) is 22.4 Å². The first-order chi connectivity index (χ1) is 18.8. The van der Waals surface area contributed by atoms with Crippen LogP contribution in [0.4, 0.5) is 26.2 Å². The molecule has 0 aromatic heterocycles. The Morgan fingerprint density at radius 3 is 2.15 bits per heavy atom. The second-order valence-corrected chi connectivity index (χ2v) is 11.1. The number of halogens is 1. The summed E-state index contributed by atoms with van der Waals surface area (Å²) in [5.74, 6) is -0.905. The van der Waals surface area contributed by atoms with Crippen molar-refractivity contribution in [2.45, 2.75) is 18.2 Å². The van der Waals surface area contributed by atoms with Crippen LogP contribution >= 0.6 is 0 Å². The van der Waals surface area contributed by atoms with Gasteiger partial charge in [-0.2, -0.15) is 4.31 Å². The largest absolute Gasteiger partial charge is 0.368 e. The smallest absolute Gasteiger partial charge is 0.322 e. The first-order valence-electron chi connectivity index (χ1n) is 12.8. The summed E-state index contributed by atoms with van der Waals surface area (Å²) < 4.78 is 41.0. The fraction of sp³-hybridized carbons (Fsp3) is 0.286. The molecule has 9 nitrogen and oxygen atoms in total. The number of amides is 3. The fourth-order valence-electron chi connectivity index (χ4n) is 4.32. The van der Waals surface area contributed by atoms with E-state index in [-0.39, 0.29) is 29.7 Å². The van der Waals surface area contributed by atoms with Crippen molar-refractivity contribution in [3.63, 3.8) is 0 Å². The highest BCUT2D eigenvalue weighted by Gasteiger charge is 2.26. The number of nitrogens with zero attached hydrogens (tertiary/aromatic N) is 3. The molecule has 1 heterocycles. The zero-order valence-electron chi connectivity index (χ0n) is 21.7. The van der Waals surface area contributed by atoms with Gasteiger partial charge in [0.2, 0.25) is 15.9 Å². The number of sulfonamides is 1. The van der Waals surface area contributed by atoms with Gasteiger partial charge in [-0.3, -0.25) is 4.79 Å². The number of hydrogen-bond donors (Lipinski definition) is 2. The lowest BCUT2D eigenvalue weighted by atomic mass is 10.2. The van der Waals surface area contributed by atoms with Gasteiger partial charge in [-0.25, -0.2) is 17.6 Å². The first-order valence-corrected chi connectivity index (χ1v) is 14.2. The molecule has 0 unspecified atom stereocenters. The summed E-state index contributed by atoms with van der Waals surface area (Å²) in [4.78, 5) is 29.2. The molecule has 1 aliphatic rings. The standard InChI is InChI=1S/C28H32FN5O4S/c1-2-16-34(39(37,38)24-8-4-3-5-9-24)21-27(35)30-22-12-14-23(15-13-22)32-17-19-33(20-18-32)28(36)31-26-11-7-6-10-25(26)29/h3-15H,2,16-21H2,1H3,(H,30,35)(H,31,36). The van der Waals surface area contributed by atoms with Crippen molar-refractivity contribution < 1.29 is 22.4 Å². The number of anilines is 3. The van der Waals surface area contributed by atoms with Gasteiger partial charge < -0.3 is 20.4 Å². The van der Waals surface area contributed by atoms with Gasteiger partial charge in [0.15, 0.2) is 0 Å². The molecule has 39 heavy (non-hydrogen) atoms. The third kappa shape index (κ3) is 7.12. The van der Waals surface area contributed by atoms with Crippen molar-refractivity contribution in [2.24, 2.45) is 0 Å². The highest BCUT2D eigenvalue weighted by molar-refractivity contribution is 7.89. The summed E-state index contributed by atoms with van der Waals surface area (Å²) in [7, 11) is -3.79. The molecule has 0 atom stereocenters. The molecular weight excluding hydrogens is 521 g/mol. The van der Waals surface area contributed by atoms with Crippen LogP contribution in [0, 0.1) is 5.82 Å².